The smallest absolute Gasteiger partial charge is 0.408 e. The van der Waals surface area contributed by atoms with Crippen molar-refractivity contribution >= 4 is 28.0 Å². The van der Waals surface area contributed by atoms with Gasteiger partial charge in [0.2, 0.25) is 0 Å². The van der Waals surface area contributed by atoms with E-state index in [4.69, 9.17) is 9.84 Å². The minimum absolute atomic E-state index is 0.0359. The van der Waals surface area contributed by atoms with E-state index < -0.39 is 24.2 Å². The number of halogens is 1. The summed E-state index contributed by atoms with van der Waals surface area (Å²) < 4.78 is 6.29. The molecule has 0 aromatic heterocycles. The summed E-state index contributed by atoms with van der Waals surface area (Å²) in [4.78, 5) is 21.9. The molecule has 0 spiro atoms. The Morgan fingerprint density at radius 1 is 1.35 bits per heavy atom. The number of nitrogens with one attached hydrogen (secondary N) is 1. The standard InChI is InChI=1S/C14H18BrNO4/c1-9(10-4-6-11(15)7-5-10)14(2,3)20-13(19)16-8-12(17)18/h4-7,9H,8H2,1-3H3,(H,16,19)(H,17,18). The largest absolute Gasteiger partial charge is 0.480 e. The number of carboxylic acids is 1. The molecule has 5 nitrogen and oxygen atoms in total. The molecule has 0 aliphatic carbocycles. The molecular formula is C14H18BrNO4. The van der Waals surface area contributed by atoms with E-state index >= 15 is 0 Å². The molecule has 1 amide bonds. The maximum absolute atomic E-state index is 11.5. The predicted octanol–water partition coefficient (Wildman–Crippen LogP) is 3.14. The van der Waals surface area contributed by atoms with Crippen LogP contribution in [-0.2, 0) is 9.53 Å². The fraction of sp³-hybridized carbons (Fsp3) is 0.429. The topological polar surface area (TPSA) is 75.6 Å². The van der Waals surface area contributed by atoms with Gasteiger partial charge in [-0.3, -0.25) is 4.79 Å². The summed E-state index contributed by atoms with van der Waals surface area (Å²) >= 11 is 3.37. The van der Waals surface area contributed by atoms with Crippen molar-refractivity contribution in [3.63, 3.8) is 0 Å². The minimum atomic E-state index is -1.11. The second-order valence-electron chi connectivity index (χ2n) is 5.01. The molecule has 0 heterocycles. The lowest BCUT2D eigenvalue weighted by atomic mass is 9.86. The van der Waals surface area contributed by atoms with E-state index in [9.17, 15) is 9.59 Å². The Labute approximate surface area is 126 Å². The van der Waals surface area contributed by atoms with Gasteiger partial charge in [-0.1, -0.05) is 35.0 Å². The molecule has 0 saturated carbocycles. The molecule has 1 aromatic carbocycles. The fourth-order valence-electron chi connectivity index (χ4n) is 1.66. The highest BCUT2D eigenvalue weighted by Crippen LogP contribution is 2.31. The van der Waals surface area contributed by atoms with Gasteiger partial charge in [0.25, 0.3) is 0 Å². The molecule has 0 saturated heterocycles. The van der Waals surface area contributed by atoms with Crippen LogP contribution in [0.25, 0.3) is 0 Å². The zero-order chi connectivity index (χ0) is 15.3. The average molecular weight is 344 g/mol. The Balaban J connectivity index is 2.69. The number of ether oxygens (including phenoxy) is 1. The lowest BCUT2D eigenvalue weighted by molar-refractivity contribution is -0.136. The monoisotopic (exact) mass is 343 g/mol. The minimum Gasteiger partial charge on any atom is -0.480 e. The number of hydrogen-bond donors (Lipinski definition) is 2. The number of hydrogen-bond acceptors (Lipinski definition) is 3. The molecule has 110 valence electrons. The van der Waals surface area contributed by atoms with Crippen molar-refractivity contribution < 1.29 is 19.4 Å². The number of rotatable bonds is 5. The Morgan fingerprint density at radius 2 is 1.90 bits per heavy atom. The summed E-state index contributed by atoms with van der Waals surface area (Å²) in [7, 11) is 0. The number of amides is 1. The molecule has 1 atom stereocenters. The summed E-state index contributed by atoms with van der Waals surface area (Å²) in [6.45, 7) is 5.08. The first-order valence-electron chi connectivity index (χ1n) is 6.16. The summed E-state index contributed by atoms with van der Waals surface area (Å²) in [5.74, 6) is -1.15. The Kier molecular flexibility index (Phi) is 5.56. The van der Waals surface area contributed by atoms with Crippen molar-refractivity contribution in [2.75, 3.05) is 6.54 Å². The highest BCUT2D eigenvalue weighted by atomic mass is 79.9. The molecule has 20 heavy (non-hydrogen) atoms. The van der Waals surface area contributed by atoms with Crippen LogP contribution >= 0.6 is 15.9 Å². The first kappa shape index (κ1) is 16.5. The molecule has 0 bridgehead atoms. The molecule has 1 unspecified atom stereocenters. The number of aliphatic carboxylic acids is 1. The van der Waals surface area contributed by atoms with Gasteiger partial charge in [-0.15, -0.1) is 0 Å². The predicted molar refractivity (Wildman–Crippen MR) is 78.8 cm³/mol. The number of carbonyl (C=O) groups excluding carboxylic acids is 1. The lowest BCUT2D eigenvalue weighted by Gasteiger charge is -2.31. The third kappa shape index (κ3) is 4.85. The zero-order valence-electron chi connectivity index (χ0n) is 11.6. The maximum Gasteiger partial charge on any atom is 0.408 e. The van der Waals surface area contributed by atoms with Gasteiger partial charge in [0.15, 0.2) is 0 Å². The van der Waals surface area contributed by atoms with E-state index in [-0.39, 0.29) is 5.92 Å². The van der Waals surface area contributed by atoms with E-state index in [1.54, 1.807) is 13.8 Å². The van der Waals surface area contributed by atoms with Gasteiger partial charge in [-0.05, 0) is 31.5 Å². The lowest BCUT2D eigenvalue weighted by Crippen LogP contribution is -2.39. The van der Waals surface area contributed by atoms with Crippen molar-refractivity contribution in [3.05, 3.63) is 34.3 Å². The van der Waals surface area contributed by atoms with Gasteiger partial charge in [0.1, 0.15) is 12.1 Å². The summed E-state index contributed by atoms with van der Waals surface area (Å²) in [5, 5.41) is 10.7. The first-order valence-corrected chi connectivity index (χ1v) is 6.96. The van der Waals surface area contributed by atoms with E-state index in [1.165, 1.54) is 0 Å². The fourth-order valence-corrected chi connectivity index (χ4v) is 1.93. The molecule has 0 aliphatic rings. The number of benzene rings is 1. The summed E-state index contributed by atoms with van der Waals surface area (Å²) in [6, 6.07) is 7.75. The van der Waals surface area contributed by atoms with E-state index in [0.29, 0.717) is 0 Å². The van der Waals surface area contributed by atoms with E-state index in [0.717, 1.165) is 10.0 Å². The second kappa shape index (κ2) is 6.74. The van der Waals surface area contributed by atoms with Crippen LogP contribution in [0.5, 0.6) is 0 Å². The molecule has 6 heteroatoms. The first-order chi connectivity index (χ1) is 9.22. The van der Waals surface area contributed by atoms with Crippen LogP contribution in [-0.4, -0.2) is 29.3 Å². The van der Waals surface area contributed by atoms with Gasteiger partial charge in [0, 0.05) is 10.4 Å². The van der Waals surface area contributed by atoms with Crippen molar-refractivity contribution in [3.8, 4) is 0 Å². The SMILES string of the molecule is CC(c1ccc(Br)cc1)C(C)(C)OC(=O)NCC(=O)O. The van der Waals surface area contributed by atoms with Crippen LogP contribution in [0, 0.1) is 0 Å². The second-order valence-corrected chi connectivity index (χ2v) is 5.93. The van der Waals surface area contributed by atoms with Crippen molar-refractivity contribution in [1.82, 2.24) is 5.32 Å². The van der Waals surface area contributed by atoms with Crippen LogP contribution < -0.4 is 5.32 Å². The Bertz CT molecular complexity index is 484. The van der Waals surface area contributed by atoms with Crippen LogP contribution in [0.4, 0.5) is 4.79 Å². The molecule has 1 rings (SSSR count). The third-order valence-electron chi connectivity index (χ3n) is 3.15. The van der Waals surface area contributed by atoms with Crippen LogP contribution in [0.1, 0.15) is 32.3 Å². The zero-order valence-corrected chi connectivity index (χ0v) is 13.2. The van der Waals surface area contributed by atoms with E-state index in [1.807, 2.05) is 31.2 Å². The summed E-state index contributed by atoms with van der Waals surface area (Å²) in [6.07, 6.45) is -0.735. The molecule has 0 aliphatic heterocycles. The normalized spacial score (nSPS) is 12.6. The van der Waals surface area contributed by atoms with Crippen LogP contribution in [0.2, 0.25) is 0 Å². The third-order valence-corrected chi connectivity index (χ3v) is 3.68. The Hall–Kier alpha value is -1.56. The number of carbonyl (C=O) groups is 2. The van der Waals surface area contributed by atoms with Crippen LogP contribution in [0.15, 0.2) is 28.7 Å². The molecule has 0 radical (unpaired) electrons. The van der Waals surface area contributed by atoms with E-state index in [2.05, 4.69) is 21.2 Å². The maximum atomic E-state index is 11.5. The highest BCUT2D eigenvalue weighted by molar-refractivity contribution is 9.10. The van der Waals surface area contributed by atoms with Crippen molar-refractivity contribution in [2.24, 2.45) is 0 Å². The average Bonchev–Trinajstić information content (AvgIpc) is 2.36. The van der Waals surface area contributed by atoms with Crippen molar-refractivity contribution in [2.45, 2.75) is 32.3 Å². The van der Waals surface area contributed by atoms with Gasteiger partial charge in [-0.2, -0.15) is 0 Å². The van der Waals surface area contributed by atoms with Crippen molar-refractivity contribution in [1.29, 1.82) is 0 Å². The quantitative estimate of drug-likeness (QED) is 0.860. The van der Waals surface area contributed by atoms with Gasteiger partial charge >= 0.3 is 12.1 Å². The summed E-state index contributed by atoms with van der Waals surface area (Å²) in [5.41, 5.74) is 0.278. The number of carboxylic acid groups (broad SMARTS) is 1. The van der Waals surface area contributed by atoms with Gasteiger partial charge < -0.3 is 15.2 Å². The Morgan fingerprint density at radius 3 is 2.40 bits per heavy atom. The molecule has 2 N–H and O–H groups in total. The molecule has 1 aromatic rings. The van der Waals surface area contributed by atoms with Crippen LogP contribution in [0.3, 0.4) is 0 Å². The van der Waals surface area contributed by atoms with Gasteiger partial charge in [0.05, 0.1) is 0 Å². The van der Waals surface area contributed by atoms with Gasteiger partial charge in [-0.25, -0.2) is 4.79 Å². The molecular weight excluding hydrogens is 326 g/mol. The highest BCUT2D eigenvalue weighted by Gasteiger charge is 2.31. The number of alkyl carbamates (subject to hydrolysis) is 1. The molecule has 0 fully saturated rings.